The van der Waals surface area contributed by atoms with E-state index in [1.165, 1.54) is 38.5 Å². The summed E-state index contributed by atoms with van der Waals surface area (Å²) in [6, 6.07) is 3.03. The molecule has 0 bridgehead atoms. The Bertz CT molecular complexity index is 727. The molecule has 3 saturated heterocycles. The van der Waals surface area contributed by atoms with Gasteiger partial charge in [0.05, 0.1) is 0 Å². The van der Waals surface area contributed by atoms with Gasteiger partial charge in [0.25, 0.3) is 0 Å². The maximum absolute atomic E-state index is 12.5. The zero-order valence-electron chi connectivity index (χ0n) is 20.1. The van der Waals surface area contributed by atoms with E-state index in [1.807, 2.05) is 6.20 Å². The van der Waals surface area contributed by atoms with Crippen molar-refractivity contribution >= 4 is 17.7 Å². The lowest BCUT2D eigenvalue weighted by atomic mass is 9.97. The number of anilines is 2. The van der Waals surface area contributed by atoms with Crippen LogP contribution in [0.25, 0.3) is 0 Å². The van der Waals surface area contributed by atoms with Gasteiger partial charge in [-0.3, -0.25) is 9.69 Å². The van der Waals surface area contributed by atoms with Gasteiger partial charge in [0.1, 0.15) is 5.82 Å². The largest absolute Gasteiger partial charge is 0.356 e. The van der Waals surface area contributed by atoms with Crippen LogP contribution in [0.2, 0.25) is 0 Å². The summed E-state index contributed by atoms with van der Waals surface area (Å²) in [4.78, 5) is 29.1. The van der Waals surface area contributed by atoms with Crippen molar-refractivity contribution in [3.8, 4) is 0 Å². The Hall–Kier alpha value is -1.89. The van der Waals surface area contributed by atoms with Crippen LogP contribution in [0.4, 0.5) is 11.8 Å². The Balaban J connectivity index is 1.29. The SMILES string of the molecule is CCC(C)C(=O)N1CCC(N2CCC[C@H](Nc3nccc(N4CCCCCC4)n3)C2)CC1. The summed E-state index contributed by atoms with van der Waals surface area (Å²) >= 11 is 0. The second-order valence-electron chi connectivity index (χ2n) is 9.98. The van der Waals surface area contributed by atoms with E-state index in [2.05, 4.69) is 44.9 Å². The summed E-state index contributed by atoms with van der Waals surface area (Å²) in [6.45, 7) is 10.4. The number of hydrogen-bond acceptors (Lipinski definition) is 6. The van der Waals surface area contributed by atoms with Gasteiger partial charge in [-0.1, -0.05) is 26.7 Å². The number of hydrogen-bond donors (Lipinski definition) is 1. The van der Waals surface area contributed by atoms with E-state index < -0.39 is 0 Å². The number of likely N-dealkylation sites (tertiary alicyclic amines) is 2. The molecule has 1 amide bonds. The molecule has 0 spiro atoms. The minimum atomic E-state index is 0.153. The predicted molar refractivity (Wildman–Crippen MR) is 130 cm³/mol. The molecule has 3 aliphatic heterocycles. The molecule has 7 heteroatoms. The highest BCUT2D eigenvalue weighted by Gasteiger charge is 2.31. The van der Waals surface area contributed by atoms with Crippen molar-refractivity contribution in [2.24, 2.45) is 5.92 Å². The molecule has 4 heterocycles. The molecule has 1 N–H and O–H groups in total. The summed E-state index contributed by atoms with van der Waals surface area (Å²) in [5, 5.41) is 3.64. The zero-order chi connectivity index (χ0) is 22.3. The number of nitrogens with one attached hydrogen (secondary N) is 1. The summed E-state index contributed by atoms with van der Waals surface area (Å²) in [6.07, 6.45) is 12.6. The van der Waals surface area contributed by atoms with Crippen LogP contribution < -0.4 is 10.2 Å². The normalized spacial score (nSPS) is 24.8. The second-order valence-corrected chi connectivity index (χ2v) is 9.98. The number of carbonyl (C=O) groups is 1. The number of carbonyl (C=O) groups excluding carboxylic acids is 1. The van der Waals surface area contributed by atoms with Gasteiger partial charge in [0, 0.05) is 56.9 Å². The fraction of sp³-hybridized carbons (Fsp3) is 0.800. The lowest BCUT2D eigenvalue weighted by molar-refractivity contribution is -0.136. The monoisotopic (exact) mass is 442 g/mol. The molecule has 7 nitrogen and oxygen atoms in total. The van der Waals surface area contributed by atoms with E-state index in [-0.39, 0.29) is 5.92 Å². The van der Waals surface area contributed by atoms with Crippen LogP contribution in [0.15, 0.2) is 12.3 Å². The first-order valence-corrected chi connectivity index (χ1v) is 13.0. The van der Waals surface area contributed by atoms with Gasteiger partial charge in [-0.2, -0.15) is 4.98 Å². The van der Waals surface area contributed by atoms with Crippen molar-refractivity contribution in [1.29, 1.82) is 0 Å². The van der Waals surface area contributed by atoms with Gasteiger partial charge >= 0.3 is 0 Å². The predicted octanol–water partition coefficient (Wildman–Crippen LogP) is 3.77. The third kappa shape index (κ3) is 5.91. The Morgan fingerprint density at radius 3 is 2.53 bits per heavy atom. The van der Waals surface area contributed by atoms with Crippen molar-refractivity contribution in [3.63, 3.8) is 0 Å². The fourth-order valence-electron chi connectivity index (χ4n) is 5.47. The molecule has 0 radical (unpaired) electrons. The van der Waals surface area contributed by atoms with Gasteiger partial charge in [0.15, 0.2) is 0 Å². The fourth-order valence-corrected chi connectivity index (χ4v) is 5.47. The molecule has 4 rings (SSSR count). The van der Waals surface area contributed by atoms with E-state index in [9.17, 15) is 4.79 Å². The molecule has 1 aromatic rings. The number of aromatic nitrogens is 2. The highest BCUT2D eigenvalue weighted by atomic mass is 16.2. The summed E-state index contributed by atoms with van der Waals surface area (Å²) in [5.41, 5.74) is 0. The standard InChI is InChI=1S/C25H42N6O/c1-3-20(2)24(32)30-17-11-22(12-18-30)31-16-8-9-21(19-31)27-25-26-13-10-23(28-25)29-14-6-4-5-7-15-29/h10,13,20-22H,3-9,11-12,14-19H2,1-2H3,(H,26,27,28)/t20?,21-/m0/s1. The third-order valence-corrected chi connectivity index (χ3v) is 7.68. The summed E-state index contributed by atoms with van der Waals surface area (Å²) in [7, 11) is 0. The van der Waals surface area contributed by atoms with Crippen molar-refractivity contribution < 1.29 is 4.79 Å². The van der Waals surface area contributed by atoms with Gasteiger partial charge in [-0.15, -0.1) is 0 Å². The molecule has 3 aliphatic rings. The Morgan fingerprint density at radius 2 is 1.81 bits per heavy atom. The molecule has 1 aromatic heterocycles. The lowest BCUT2D eigenvalue weighted by Gasteiger charge is -2.42. The summed E-state index contributed by atoms with van der Waals surface area (Å²) in [5.74, 6) is 2.33. The van der Waals surface area contributed by atoms with Gasteiger partial charge < -0.3 is 15.1 Å². The average Bonchev–Trinajstić information content (AvgIpc) is 3.13. The molecule has 0 aromatic carbocycles. The number of amides is 1. The molecule has 32 heavy (non-hydrogen) atoms. The van der Waals surface area contributed by atoms with Crippen molar-refractivity contribution in [2.75, 3.05) is 49.5 Å². The van der Waals surface area contributed by atoms with Crippen molar-refractivity contribution in [1.82, 2.24) is 19.8 Å². The van der Waals surface area contributed by atoms with Gasteiger partial charge in [-0.05, 0) is 57.6 Å². The molecular weight excluding hydrogens is 400 g/mol. The van der Waals surface area contributed by atoms with E-state index in [1.54, 1.807) is 0 Å². The molecule has 3 fully saturated rings. The Kier molecular flexibility index (Phi) is 8.22. The van der Waals surface area contributed by atoms with Crippen LogP contribution in [0.5, 0.6) is 0 Å². The first-order valence-electron chi connectivity index (χ1n) is 13.0. The van der Waals surface area contributed by atoms with Crippen LogP contribution in [-0.2, 0) is 4.79 Å². The number of piperidine rings is 2. The summed E-state index contributed by atoms with van der Waals surface area (Å²) < 4.78 is 0. The zero-order valence-corrected chi connectivity index (χ0v) is 20.1. The maximum atomic E-state index is 12.5. The van der Waals surface area contributed by atoms with Crippen LogP contribution in [-0.4, -0.2) is 77.0 Å². The Labute approximate surface area is 194 Å². The van der Waals surface area contributed by atoms with E-state index >= 15 is 0 Å². The highest BCUT2D eigenvalue weighted by Crippen LogP contribution is 2.24. The molecule has 178 valence electrons. The number of nitrogens with zero attached hydrogens (tertiary/aromatic N) is 5. The second kappa shape index (κ2) is 11.3. The van der Waals surface area contributed by atoms with Crippen molar-refractivity contribution in [2.45, 2.75) is 83.7 Å². The first kappa shape index (κ1) is 23.3. The molecule has 0 saturated carbocycles. The maximum Gasteiger partial charge on any atom is 0.225 e. The number of rotatable bonds is 6. The molecule has 2 atom stereocenters. The van der Waals surface area contributed by atoms with Crippen LogP contribution in [0.3, 0.4) is 0 Å². The molecule has 1 unspecified atom stereocenters. The lowest BCUT2D eigenvalue weighted by Crippen LogP contribution is -2.52. The quantitative estimate of drug-likeness (QED) is 0.724. The minimum Gasteiger partial charge on any atom is -0.356 e. The van der Waals surface area contributed by atoms with E-state index in [0.29, 0.717) is 18.0 Å². The average molecular weight is 443 g/mol. The van der Waals surface area contributed by atoms with Crippen LogP contribution in [0.1, 0.15) is 71.6 Å². The smallest absolute Gasteiger partial charge is 0.225 e. The van der Waals surface area contributed by atoms with Gasteiger partial charge in [0.2, 0.25) is 11.9 Å². The van der Waals surface area contributed by atoms with Crippen LogP contribution >= 0.6 is 0 Å². The Morgan fingerprint density at radius 1 is 1.06 bits per heavy atom. The minimum absolute atomic E-state index is 0.153. The van der Waals surface area contributed by atoms with Crippen molar-refractivity contribution in [3.05, 3.63) is 12.3 Å². The van der Waals surface area contributed by atoms with E-state index in [0.717, 1.165) is 70.3 Å². The highest BCUT2D eigenvalue weighted by molar-refractivity contribution is 5.78. The van der Waals surface area contributed by atoms with E-state index in [4.69, 9.17) is 4.98 Å². The van der Waals surface area contributed by atoms with Crippen LogP contribution in [0, 0.1) is 5.92 Å². The molecule has 0 aliphatic carbocycles. The van der Waals surface area contributed by atoms with Gasteiger partial charge in [-0.25, -0.2) is 4.98 Å². The molecular formula is C25H42N6O. The first-order chi connectivity index (χ1) is 15.6. The third-order valence-electron chi connectivity index (χ3n) is 7.68. The topological polar surface area (TPSA) is 64.6 Å².